The van der Waals surface area contributed by atoms with Crippen molar-refractivity contribution in [2.75, 3.05) is 32.5 Å². The first-order valence-electron chi connectivity index (χ1n) is 9.57. The number of nitrogens with zero attached hydrogens (tertiary/aromatic N) is 1. The Kier molecular flexibility index (Phi) is 10.4. The molecule has 3 aromatic rings. The molecular weight excluding hydrogens is 436 g/mol. The van der Waals surface area contributed by atoms with Gasteiger partial charge in [0.1, 0.15) is 5.75 Å². The van der Waals surface area contributed by atoms with Gasteiger partial charge in [0.25, 0.3) is 5.91 Å². The van der Waals surface area contributed by atoms with Gasteiger partial charge < -0.3 is 10.1 Å². The highest BCUT2D eigenvalue weighted by atomic mass is 35.5. The summed E-state index contributed by atoms with van der Waals surface area (Å²) in [5.41, 5.74) is 1.97. The molecule has 0 saturated carbocycles. The first kappa shape index (κ1) is 24.4. The Bertz CT molecular complexity index is 938. The fourth-order valence-electron chi connectivity index (χ4n) is 2.94. The predicted octanol–water partition coefficient (Wildman–Crippen LogP) is 5.08. The van der Waals surface area contributed by atoms with Gasteiger partial charge in [-0.05, 0) is 40.6 Å². The number of nitrogens with one attached hydrogen (secondary N) is 1. The van der Waals surface area contributed by atoms with Crippen LogP contribution in [0.3, 0.4) is 0 Å². The highest BCUT2D eigenvalue weighted by Crippen LogP contribution is 2.19. The lowest BCUT2D eigenvalue weighted by Gasteiger charge is -2.15. The molecule has 0 aliphatic heterocycles. The summed E-state index contributed by atoms with van der Waals surface area (Å²) >= 11 is 6.40. The van der Waals surface area contributed by atoms with E-state index in [9.17, 15) is 4.79 Å². The number of thioether (sulfide) groups is 1. The van der Waals surface area contributed by atoms with Crippen LogP contribution in [0.4, 0.5) is 0 Å². The Morgan fingerprint density at radius 3 is 2.50 bits per heavy atom. The minimum atomic E-state index is -0.0833. The number of ether oxygens (including phenoxy) is 1. The standard InChI is InChI=1S/C23H26N2O2S2.ClH/c1-27-22-10-8-20(9-11-22)23(26)24-12-13-25(28)14-15-29-17-18-6-7-19-4-2-3-5-21(19)16-18;/h2-11,16,28H,12-15,17H2,1H3,(H,24,26);1H. The van der Waals surface area contributed by atoms with E-state index in [4.69, 9.17) is 4.74 Å². The lowest BCUT2D eigenvalue weighted by atomic mass is 10.1. The zero-order valence-electron chi connectivity index (χ0n) is 16.9. The predicted molar refractivity (Wildman–Crippen MR) is 133 cm³/mol. The van der Waals surface area contributed by atoms with E-state index < -0.39 is 0 Å². The van der Waals surface area contributed by atoms with Crippen LogP contribution in [-0.4, -0.2) is 42.7 Å². The summed E-state index contributed by atoms with van der Waals surface area (Å²) in [5.74, 6) is 2.63. The van der Waals surface area contributed by atoms with E-state index in [2.05, 4.69) is 60.6 Å². The van der Waals surface area contributed by atoms with Gasteiger partial charge >= 0.3 is 0 Å². The molecule has 0 unspecified atom stereocenters. The van der Waals surface area contributed by atoms with Crippen LogP contribution in [0.25, 0.3) is 10.8 Å². The van der Waals surface area contributed by atoms with Gasteiger partial charge in [0.2, 0.25) is 0 Å². The number of carbonyl (C=O) groups excluding carboxylic acids is 1. The largest absolute Gasteiger partial charge is 0.497 e. The van der Waals surface area contributed by atoms with E-state index in [1.807, 2.05) is 16.1 Å². The summed E-state index contributed by atoms with van der Waals surface area (Å²) in [5, 5.41) is 5.49. The average molecular weight is 463 g/mol. The molecule has 3 aromatic carbocycles. The number of carbonyl (C=O) groups is 1. The smallest absolute Gasteiger partial charge is 0.251 e. The molecule has 1 amide bonds. The van der Waals surface area contributed by atoms with Crippen LogP contribution in [0.5, 0.6) is 5.75 Å². The van der Waals surface area contributed by atoms with E-state index in [0.717, 1.165) is 23.8 Å². The van der Waals surface area contributed by atoms with E-state index in [0.29, 0.717) is 18.7 Å². The number of benzene rings is 3. The number of halogens is 1. The molecule has 0 fully saturated rings. The molecule has 0 saturated heterocycles. The zero-order chi connectivity index (χ0) is 20.5. The molecule has 30 heavy (non-hydrogen) atoms. The van der Waals surface area contributed by atoms with E-state index in [-0.39, 0.29) is 18.3 Å². The number of hydrogen-bond donors (Lipinski definition) is 2. The number of hydrogen-bond acceptors (Lipinski definition) is 5. The Balaban J connectivity index is 0.00000320. The first-order chi connectivity index (χ1) is 14.2. The van der Waals surface area contributed by atoms with Gasteiger partial charge in [0.15, 0.2) is 0 Å². The van der Waals surface area contributed by atoms with Crippen molar-refractivity contribution in [1.82, 2.24) is 9.62 Å². The van der Waals surface area contributed by atoms with Gasteiger partial charge in [0, 0.05) is 36.7 Å². The third kappa shape index (κ3) is 7.43. The van der Waals surface area contributed by atoms with Crippen molar-refractivity contribution in [3.8, 4) is 5.75 Å². The Labute approximate surface area is 194 Å². The Morgan fingerprint density at radius 2 is 1.77 bits per heavy atom. The number of thiol groups is 1. The molecule has 0 heterocycles. The summed E-state index contributed by atoms with van der Waals surface area (Å²) < 4.78 is 7.05. The summed E-state index contributed by atoms with van der Waals surface area (Å²) in [6.45, 7) is 2.12. The second kappa shape index (κ2) is 12.7. The van der Waals surface area contributed by atoms with Crippen molar-refractivity contribution in [2.45, 2.75) is 5.75 Å². The van der Waals surface area contributed by atoms with Crippen molar-refractivity contribution < 1.29 is 9.53 Å². The molecule has 0 aliphatic carbocycles. The van der Waals surface area contributed by atoms with E-state index in [1.54, 1.807) is 31.4 Å². The van der Waals surface area contributed by atoms with Gasteiger partial charge in [0.05, 0.1) is 7.11 Å². The molecule has 160 valence electrons. The number of methoxy groups -OCH3 is 1. The fourth-order valence-corrected chi connectivity index (χ4v) is 4.19. The average Bonchev–Trinajstić information content (AvgIpc) is 2.76. The monoisotopic (exact) mass is 462 g/mol. The van der Waals surface area contributed by atoms with Crippen LogP contribution < -0.4 is 10.1 Å². The number of rotatable bonds is 10. The molecule has 7 heteroatoms. The third-order valence-electron chi connectivity index (χ3n) is 4.58. The fraction of sp³-hybridized carbons (Fsp3) is 0.261. The number of amides is 1. The molecule has 0 atom stereocenters. The van der Waals surface area contributed by atoms with Gasteiger partial charge in [-0.1, -0.05) is 55.3 Å². The van der Waals surface area contributed by atoms with Gasteiger partial charge in [-0.25, -0.2) is 0 Å². The second-order valence-corrected chi connectivity index (χ2v) is 8.34. The molecular formula is C23H27ClN2O2S2. The minimum absolute atomic E-state index is 0. The van der Waals surface area contributed by atoms with Crippen LogP contribution in [-0.2, 0) is 5.75 Å². The highest BCUT2D eigenvalue weighted by molar-refractivity contribution is 7.98. The lowest BCUT2D eigenvalue weighted by Crippen LogP contribution is -2.31. The molecule has 0 radical (unpaired) electrons. The highest BCUT2D eigenvalue weighted by Gasteiger charge is 2.06. The van der Waals surface area contributed by atoms with Crippen molar-refractivity contribution >= 4 is 53.7 Å². The summed E-state index contributed by atoms with van der Waals surface area (Å²) in [7, 11) is 1.61. The quantitative estimate of drug-likeness (QED) is 0.325. The maximum Gasteiger partial charge on any atom is 0.251 e. The molecule has 1 N–H and O–H groups in total. The van der Waals surface area contributed by atoms with Gasteiger partial charge in [-0.3, -0.25) is 9.10 Å². The number of fused-ring (bicyclic) bond motifs is 1. The normalized spacial score (nSPS) is 10.6. The van der Waals surface area contributed by atoms with E-state index >= 15 is 0 Å². The van der Waals surface area contributed by atoms with Crippen molar-refractivity contribution in [3.63, 3.8) is 0 Å². The molecule has 0 spiro atoms. The van der Waals surface area contributed by atoms with Crippen LogP contribution in [0.2, 0.25) is 0 Å². The van der Waals surface area contributed by atoms with Gasteiger partial charge in [-0.15, -0.1) is 12.4 Å². The summed E-state index contributed by atoms with van der Waals surface area (Å²) in [4.78, 5) is 12.1. The van der Waals surface area contributed by atoms with Crippen LogP contribution in [0.15, 0.2) is 66.7 Å². The molecule has 0 aromatic heterocycles. The SMILES string of the molecule is COc1ccc(C(=O)NCCN(S)CCSCc2ccc3ccccc3c2)cc1.Cl. The Morgan fingerprint density at radius 1 is 1.03 bits per heavy atom. The molecule has 4 nitrogen and oxygen atoms in total. The maximum absolute atomic E-state index is 12.1. The van der Waals surface area contributed by atoms with Crippen molar-refractivity contribution in [3.05, 3.63) is 77.9 Å². The maximum atomic E-state index is 12.1. The Hall–Kier alpha value is -1.86. The zero-order valence-corrected chi connectivity index (χ0v) is 19.4. The summed E-state index contributed by atoms with van der Waals surface area (Å²) in [6, 6.07) is 22.2. The molecule has 0 aliphatic rings. The first-order valence-corrected chi connectivity index (χ1v) is 11.1. The van der Waals surface area contributed by atoms with Crippen LogP contribution in [0.1, 0.15) is 15.9 Å². The van der Waals surface area contributed by atoms with Crippen molar-refractivity contribution in [1.29, 1.82) is 0 Å². The minimum Gasteiger partial charge on any atom is -0.497 e. The van der Waals surface area contributed by atoms with Crippen LogP contribution in [0, 0.1) is 0 Å². The van der Waals surface area contributed by atoms with Crippen LogP contribution >= 0.6 is 37.0 Å². The third-order valence-corrected chi connectivity index (χ3v) is 5.99. The van der Waals surface area contributed by atoms with Crippen molar-refractivity contribution in [2.24, 2.45) is 0 Å². The lowest BCUT2D eigenvalue weighted by molar-refractivity contribution is 0.0952. The van der Waals surface area contributed by atoms with E-state index in [1.165, 1.54) is 16.3 Å². The molecule has 0 bridgehead atoms. The van der Waals surface area contributed by atoms with Gasteiger partial charge in [-0.2, -0.15) is 11.8 Å². The molecule has 3 rings (SSSR count). The second-order valence-electron chi connectivity index (χ2n) is 6.67. The topological polar surface area (TPSA) is 41.6 Å². The summed E-state index contributed by atoms with van der Waals surface area (Å²) in [6.07, 6.45) is 0.